The number of benzene rings is 6. The van der Waals surface area contributed by atoms with Gasteiger partial charge in [-0.05, 0) is 88.3 Å². The Morgan fingerprint density at radius 3 is 1.91 bits per heavy atom. The number of unbranched alkanes of at least 4 members (excludes halogenated alkanes) is 1. The number of fused-ring (bicyclic) bond motifs is 6. The van der Waals surface area contributed by atoms with Crippen molar-refractivity contribution in [3.63, 3.8) is 0 Å². The van der Waals surface area contributed by atoms with Crippen molar-refractivity contribution >= 4 is 67.3 Å². The van der Waals surface area contributed by atoms with Crippen LogP contribution in [0.25, 0.3) is 87.1 Å². The minimum absolute atomic E-state index is 0.273. The van der Waals surface area contributed by atoms with Crippen LogP contribution in [0.3, 0.4) is 0 Å². The van der Waals surface area contributed by atoms with Crippen molar-refractivity contribution in [3.05, 3.63) is 162 Å². The lowest BCUT2D eigenvalue weighted by Crippen LogP contribution is -1.99. The molecule has 0 aliphatic rings. The van der Waals surface area contributed by atoms with E-state index in [1.54, 1.807) is 17.4 Å². The number of imidazole rings is 1. The van der Waals surface area contributed by atoms with Crippen molar-refractivity contribution in [2.75, 3.05) is 0 Å². The van der Waals surface area contributed by atoms with E-state index in [2.05, 4.69) is 145 Å². The van der Waals surface area contributed by atoms with Gasteiger partial charge in [-0.15, -0.1) is 22.7 Å². The van der Waals surface area contributed by atoms with Crippen LogP contribution in [-0.2, 0) is 11.2 Å². The van der Waals surface area contributed by atoms with Gasteiger partial charge < -0.3 is 5.11 Å². The van der Waals surface area contributed by atoms with Crippen molar-refractivity contribution in [2.24, 2.45) is 0 Å². The van der Waals surface area contributed by atoms with E-state index in [-0.39, 0.29) is 5.57 Å². The molecule has 9 aromatic rings. The quantitative estimate of drug-likeness (QED) is 0.0855. The molecule has 6 aromatic carbocycles. The van der Waals surface area contributed by atoms with Crippen molar-refractivity contribution < 1.29 is 9.90 Å². The van der Waals surface area contributed by atoms with E-state index in [9.17, 15) is 9.90 Å². The topological polar surface area (TPSA) is 78.9 Å². The average Bonchev–Trinajstić information content (AvgIpc) is 4.02. The molecule has 0 unspecified atom stereocenters. The maximum Gasteiger partial charge on any atom is 0.346 e. The van der Waals surface area contributed by atoms with Gasteiger partial charge in [0.2, 0.25) is 0 Å². The number of hydrogen-bond donors (Lipinski definition) is 1. The van der Waals surface area contributed by atoms with Crippen LogP contribution in [0.1, 0.15) is 30.2 Å². The number of aromatic nitrogens is 2. The Morgan fingerprint density at radius 1 is 0.679 bits per heavy atom. The van der Waals surface area contributed by atoms with E-state index in [1.807, 2.05) is 12.1 Å². The summed E-state index contributed by atoms with van der Waals surface area (Å²) in [7, 11) is 0. The molecule has 9 rings (SSSR count). The van der Waals surface area contributed by atoms with Gasteiger partial charge in [0.25, 0.3) is 0 Å². The number of nitrogens with zero attached hydrogens (tertiary/aromatic N) is 3. The largest absolute Gasteiger partial charge is 0.477 e. The molecule has 0 bridgehead atoms. The summed E-state index contributed by atoms with van der Waals surface area (Å²) in [5.74, 6) is -0.303. The SMILES string of the molecule is CCCCc1ccc(-n2c(-c3ccc(-c4ccc(-c5ccc(-c6ccc(/C=C(\C#N)C(=O)O)s6)s5)cc4)cc3)nc3c4ccccc4c4ccccc4c32)cc1. The molecule has 5 nitrogen and oxygen atoms in total. The van der Waals surface area contributed by atoms with Crippen LogP contribution in [0.2, 0.25) is 0 Å². The van der Waals surface area contributed by atoms with Gasteiger partial charge >= 0.3 is 5.97 Å². The zero-order chi connectivity index (χ0) is 38.2. The lowest BCUT2D eigenvalue weighted by atomic mass is 10.00. The summed E-state index contributed by atoms with van der Waals surface area (Å²) >= 11 is 3.16. The van der Waals surface area contributed by atoms with Gasteiger partial charge in [0.15, 0.2) is 0 Å². The number of aryl methyl sites for hydroxylation is 1. The number of thiophene rings is 2. The van der Waals surface area contributed by atoms with Crippen molar-refractivity contribution in [1.82, 2.24) is 9.55 Å². The molecule has 3 heterocycles. The fraction of sp³-hybridized carbons (Fsp3) is 0.0816. The Balaban J connectivity index is 1.05. The highest BCUT2D eigenvalue weighted by Crippen LogP contribution is 2.41. The first kappa shape index (κ1) is 35.1. The fourth-order valence-electron chi connectivity index (χ4n) is 7.45. The van der Waals surface area contributed by atoms with Gasteiger partial charge in [-0.3, -0.25) is 4.57 Å². The first-order valence-corrected chi connectivity index (χ1v) is 20.3. The summed E-state index contributed by atoms with van der Waals surface area (Å²) in [4.78, 5) is 20.7. The molecule has 0 aliphatic carbocycles. The molecule has 56 heavy (non-hydrogen) atoms. The van der Waals surface area contributed by atoms with E-state index in [1.165, 1.54) is 52.0 Å². The van der Waals surface area contributed by atoms with Crippen molar-refractivity contribution in [2.45, 2.75) is 26.2 Å². The number of aliphatic carboxylic acids is 1. The average molecular weight is 762 g/mol. The third-order valence-corrected chi connectivity index (χ3v) is 12.7. The molecule has 0 aliphatic heterocycles. The molecular weight excluding hydrogens is 727 g/mol. The zero-order valence-electron chi connectivity index (χ0n) is 30.6. The van der Waals surface area contributed by atoms with E-state index in [0.29, 0.717) is 0 Å². The van der Waals surface area contributed by atoms with Gasteiger partial charge in [-0.1, -0.05) is 123 Å². The van der Waals surface area contributed by atoms with Crippen LogP contribution < -0.4 is 0 Å². The predicted octanol–water partition coefficient (Wildman–Crippen LogP) is 13.5. The predicted molar refractivity (Wildman–Crippen MR) is 233 cm³/mol. The number of carboxylic acids is 1. The Hall–Kier alpha value is -6.59. The first-order chi connectivity index (χ1) is 27.5. The molecule has 270 valence electrons. The molecule has 1 N–H and O–H groups in total. The second kappa shape index (κ2) is 14.9. The Labute approximate surface area is 332 Å². The maximum absolute atomic E-state index is 11.3. The van der Waals surface area contributed by atoms with E-state index >= 15 is 0 Å². The van der Waals surface area contributed by atoms with Crippen LogP contribution in [0.4, 0.5) is 0 Å². The summed E-state index contributed by atoms with van der Waals surface area (Å²) < 4.78 is 2.35. The minimum atomic E-state index is -1.22. The van der Waals surface area contributed by atoms with Crippen LogP contribution in [-0.4, -0.2) is 20.6 Å². The molecule has 0 saturated heterocycles. The summed E-state index contributed by atoms with van der Waals surface area (Å²) in [5, 5.41) is 23.1. The molecule has 0 amide bonds. The molecule has 7 heteroatoms. The number of carboxylic acid groups (broad SMARTS) is 1. The van der Waals surface area contributed by atoms with Gasteiger partial charge in [0.05, 0.1) is 11.0 Å². The van der Waals surface area contributed by atoms with Crippen LogP contribution in [0.15, 0.2) is 151 Å². The molecule has 3 aromatic heterocycles. The third-order valence-electron chi connectivity index (χ3n) is 10.3. The summed E-state index contributed by atoms with van der Waals surface area (Å²) in [6.45, 7) is 2.24. The van der Waals surface area contributed by atoms with E-state index < -0.39 is 5.97 Å². The fourth-order valence-corrected chi connectivity index (χ4v) is 9.51. The van der Waals surface area contributed by atoms with E-state index in [0.717, 1.165) is 76.1 Å². The summed E-state index contributed by atoms with van der Waals surface area (Å²) in [6.07, 6.45) is 4.85. The van der Waals surface area contributed by atoms with Crippen LogP contribution in [0, 0.1) is 11.3 Å². The highest BCUT2D eigenvalue weighted by atomic mass is 32.1. The molecule has 0 radical (unpaired) electrons. The van der Waals surface area contributed by atoms with Gasteiger partial charge in [0, 0.05) is 41.5 Å². The highest BCUT2D eigenvalue weighted by Gasteiger charge is 2.20. The first-order valence-electron chi connectivity index (χ1n) is 18.7. The van der Waals surface area contributed by atoms with Crippen molar-refractivity contribution in [1.29, 1.82) is 5.26 Å². The van der Waals surface area contributed by atoms with Gasteiger partial charge in [0.1, 0.15) is 17.5 Å². The van der Waals surface area contributed by atoms with E-state index in [4.69, 9.17) is 10.2 Å². The summed E-state index contributed by atoms with van der Waals surface area (Å²) in [5.41, 5.74) is 8.74. The molecule has 0 fully saturated rings. The monoisotopic (exact) mass is 761 g/mol. The highest BCUT2D eigenvalue weighted by molar-refractivity contribution is 7.24. The smallest absolute Gasteiger partial charge is 0.346 e. The number of rotatable bonds is 10. The normalized spacial score (nSPS) is 11.8. The molecular formula is C49H35N3O2S2. The third kappa shape index (κ3) is 6.49. The Morgan fingerprint density at radius 2 is 1.25 bits per heavy atom. The Bertz CT molecular complexity index is 2980. The minimum Gasteiger partial charge on any atom is -0.477 e. The summed E-state index contributed by atoms with van der Waals surface area (Å²) in [6, 6.07) is 53.5. The van der Waals surface area contributed by atoms with Gasteiger partial charge in [-0.25, -0.2) is 9.78 Å². The lowest BCUT2D eigenvalue weighted by Gasteiger charge is -2.13. The van der Waals surface area contributed by atoms with Crippen LogP contribution in [0.5, 0.6) is 0 Å². The standard InChI is InChI=1S/C49H35N3O2S2/c1-2-3-8-31-13-23-37(24-14-31)52-47-42-12-7-5-10-40(42)39-9-4-6-11-41(39)46(47)51-48(52)35-21-17-33(18-22-35)32-15-19-34(20-16-32)43-27-28-45(56-43)44-26-25-38(55-44)29-36(30-50)49(53)54/h4-7,9-29H,2-3,8H2,1H3,(H,53,54)/b36-29+. The Kier molecular flexibility index (Phi) is 9.36. The second-order valence-corrected chi connectivity index (χ2v) is 16.0. The van der Waals surface area contributed by atoms with Crippen LogP contribution >= 0.6 is 22.7 Å². The van der Waals surface area contributed by atoms with Gasteiger partial charge in [-0.2, -0.15) is 5.26 Å². The zero-order valence-corrected chi connectivity index (χ0v) is 32.2. The molecule has 0 saturated carbocycles. The molecule has 0 atom stereocenters. The number of hydrogen-bond acceptors (Lipinski definition) is 5. The second-order valence-electron chi connectivity index (χ2n) is 13.8. The number of carbonyl (C=O) groups is 1. The lowest BCUT2D eigenvalue weighted by molar-refractivity contribution is -0.132. The maximum atomic E-state index is 11.3. The van der Waals surface area contributed by atoms with Crippen molar-refractivity contribution in [3.8, 4) is 54.5 Å². The molecule has 0 spiro atoms. The number of nitriles is 1.